The van der Waals surface area contributed by atoms with Crippen LogP contribution in [0.2, 0.25) is 0 Å². The van der Waals surface area contributed by atoms with E-state index in [2.05, 4.69) is 6.58 Å². The minimum atomic E-state index is -0.491. The van der Waals surface area contributed by atoms with Crippen LogP contribution >= 0.6 is 0 Å². The fourth-order valence-corrected chi connectivity index (χ4v) is 0.467. The first kappa shape index (κ1) is 8.40. The number of hydrogen-bond donors (Lipinski definition) is 2. The molecule has 0 fully saturated rings. The molecule has 0 saturated carbocycles. The van der Waals surface area contributed by atoms with Gasteiger partial charge in [0, 0.05) is 0 Å². The lowest BCUT2D eigenvalue weighted by Gasteiger charge is -1.97. The van der Waals surface area contributed by atoms with Crippen LogP contribution in [0.3, 0.4) is 0 Å². The first-order chi connectivity index (χ1) is 4.31. The Kier molecular flexibility index (Phi) is 5.17. The molecule has 9 heavy (non-hydrogen) atoms. The van der Waals surface area contributed by atoms with Gasteiger partial charge in [-0.05, 0) is 6.42 Å². The summed E-state index contributed by atoms with van der Waals surface area (Å²) in [6.45, 7) is 3.43. The van der Waals surface area contributed by atoms with Crippen LogP contribution in [0, 0.1) is 0 Å². The van der Waals surface area contributed by atoms with Gasteiger partial charge in [-0.3, -0.25) is 0 Å². The molecule has 52 valence electrons. The quantitative estimate of drug-likeness (QED) is 0.540. The summed E-state index contributed by atoms with van der Waals surface area (Å²) in [5.41, 5.74) is 0. The molecule has 0 aromatic rings. The van der Waals surface area contributed by atoms with Crippen molar-refractivity contribution in [2.24, 2.45) is 0 Å². The highest BCUT2D eigenvalue weighted by molar-refractivity contribution is 4.91. The van der Waals surface area contributed by atoms with Gasteiger partial charge in [-0.15, -0.1) is 6.58 Å². The Hall–Kier alpha value is -0.600. The average Bonchev–Trinajstić information content (AvgIpc) is 1.85. The van der Waals surface area contributed by atoms with E-state index in [4.69, 9.17) is 10.2 Å². The van der Waals surface area contributed by atoms with Gasteiger partial charge in [-0.25, -0.2) is 0 Å². The molecule has 0 aliphatic rings. The first-order valence-corrected chi connectivity index (χ1v) is 2.87. The molecule has 0 aromatic heterocycles. The molecule has 1 atom stereocenters. The van der Waals surface area contributed by atoms with Crippen LogP contribution in [-0.2, 0) is 0 Å². The van der Waals surface area contributed by atoms with Crippen LogP contribution in [0.5, 0.6) is 0 Å². The second kappa shape index (κ2) is 5.54. The summed E-state index contributed by atoms with van der Waals surface area (Å²) in [4.78, 5) is 0. The Morgan fingerprint density at radius 1 is 1.56 bits per heavy atom. The molecule has 0 aliphatic heterocycles. The van der Waals surface area contributed by atoms with Crippen molar-refractivity contribution in [3.63, 3.8) is 0 Å². The SMILES string of the molecule is C=CC[C@H](O)/C=C/CO. The molecular formula is C7H12O2. The number of hydrogen-bond acceptors (Lipinski definition) is 2. The molecule has 0 aliphatic carbocycles. The van der Waals surface area contributed by atoms with Crippen molar-refractivity contribution in [3.8, 4) is 0 Å². The van der Waals surface area contributed by atoms with Gasteiger partial charge >= 0.3 is 0 Å². The van der Waals surface area contributed by atoms with E-state index in [1.165, 1.54) is 6.08 Å². The van der Waals surface area contributed by atoms with Gasteiger partial charge in [0.25, 0.3) is 0 Å². The molecule has 0 amide bonds. The maximum Gasteiger partial charge on any atom is 0.0756 e. The van der Waals surface area contributed by atoms with Crippen molar-refractivity contribution in [1.82, 2.24) is 0 Å². The van der Waals surface area contributed by atoms with Crippen LogP contribution in [-0.4, -0.2) is 22.9 Å². The largest absolute Gasteiger partial charge is 0.392 e. The average molecular weight is 128 g/mol. The zero-order valence-corrected chi connectivity index (χ0v) is 5.33. The molecule has 0 radical (unpaired) electrons. The topological polar surface area (TPSA) is 40.5 Å². The molecular weight excluding hydrogens is 116 g/mol. The Labute approximate surface area is 55.1 Å². The van der Waals surface area contributed by atoms with Gasteiger partial charge in [-0.1, -0.05) is 18.2 Å². The van der Waals surface area contributed by atoms with E-state index in [1.54, 1.807) is 12.2 Å². The van der Waals surface area contributed by atoms with Crippen molar-refractivity contribution in [3.05, 3.63) is 24.8 Å². The van der Waals surface area contributed by atoms with E-state index in [-0.39, 0.29) is 6.61 Å². The molecule has 0 spiro atoms. The standard InChI is InChI=1S/C7H12O2/c1-2-4-7(9)5-3-6-8/h2-3,5,7-9H,1,4,6H2/b5-3+/t7-/m0/s1. The molecule has 0 rings (SSSR count). The third kappa shape index (κ3) is 5.27. The van der Waals surface area contributed by atoms with Crippen LogP contribution in [0.1, 0.15) is 6.42 Å². The minimum absolute atomic E-state index is 0.0196. The lowest BCUT2D eigenvalue weighted by atomic mass is 10.2. The smallest absolute Gasteiger partial charge is 0.0756 e. The summed E-state index contributed by atoms with van der Waals surface area (Å²) >= 11 is 0. The molecule has 2 heteroatoms. The van der Waals surface area contributed by atoms with Gasteiger partial charge in [0.15, 0.2) is 0 Å². The summed E-state index contributed by atoms with van der Waals surface area (Å²) in [6.07, 6.45) is 4.73. The number of aliphatic hydroxyl groups is 2. The Morgan fingerprint density at radius 2 is 2.22 bits per heavy atom. The maximum absolute atomic E-state index is 8.91. The number of aliphatic hydroxyl groups excluding tert-OH is 2. The zero-order chi connectivity index (χ0) is 7.11. The van der Waals surface area contributed by atoms with E-state index in [1.807, 2.05) is 0 Å². The highest BCUT2D eigenvalue weighted by atomic mass is 16.3. The highest BCUT2D eigenvalue weighted by Gasteiger charge is 1.91. The normalized spacial score (nSPS) is 14.0. The molecule has 0 aromatic carbocycles. The fraction of sp³-hybridized carbons (Fsp3) is 0.429. The van der Waals surface area contributed by atoms with E-state index in [0.29, 0.717) is 6.42 Å². The summed E-state index contributed by atoms with van der Waals surface area (Å²) < 4.78 is 0. The van der Waals surface area contributed by atoms with Crippen LogP contribution in [0.15, 0.2) is 24.8 Å². The minimum Gasteiger partial charge on any atom is -0.392 e. The summed E-state index contributed by atoms with van der Waals surface area (Å²) in [5.74, 6) is 0. The Morgan fingerprint density at radius 3 is 2.67 bits per heavy atom. The van der Waals surface area contributed by atoms with Crippen LogP contribution in [0.25, 0.3) is 0 Å². The fourth-order valence-electron chi connectivity index (χ4n) is 0.467. The van der Waals surface area contributed by atoms with Gasteiger partial charge in [0.05, 0.1) is 12.7 Å². The Balaban J connectivity index is 3.35. The highest BCUT2D eigenvalue weighted by Crippen LogP contribution is 1.92. The monoisotopic (exact) mass is 128 g/mol. The third-order valence-electron chi connectivity index (χ3n) is 0.872. The van der Waals surface area contributed by atoms with Crippen molar-refractivity contribution in [2.75, 3.05) is 6.61 Å². The van der Waals surface area contributed by atoms with Crippen LogP contribution in [0.4, 0.5) is 0 Å². The van der Waals surface area contributed by atoms with Crippen molar-refractivity contribution in [2.45, 2.75) is 12.5 Å². The lowest BCUT2D eigenvalue weighted by molar-refractivity contribution is 0.225. The van der Waals surface area contributed by atoms with Gasteiger partial charge in [-0.2, -0.15) is 0 Å². The molecule has 2 nitrogen and oxygen atoms in total. The lowest BCUT2D eigenvalue weighted by Crippen LogP contribution is -1.99. The molecule has 2 N–H and O–H groups in total. The Bertz CT molecular complexity index is 97.1. The molecule has 0 saturated heterocycles. The molecule has 0 heterocycles. The van der Waals surface area contributed by atoms with E-state index < -0.39 is 6.10 Å². The summed E-state index contributed by atoms with van der Waals surface area (Å²) in [6, 6.07) is 0. The van der Waals surface area contributed by atoms with Crippen LogP contribution < -0.4 is 0 Å². The first-order valence-electron chi connectivity index (χ1n) is 2.87. The second-order valence-corrected chi connectivity index (χ2v) is 1.70. The van der Waals surface area contributed by atoms with E-state index in [0.717, 1.165) is 0 Å². The second-order valence-electron chi connectivity index (χ2n) is 1.70. The van der Waals surface area contributed by atoms with Crippen molar-refractivity contribution >= 4 is 0 Å². The maximum atomic E-state index is 8.91. The van der Waals surface area contributed by atoms with Gasteiger partial charge < -0.3 is 10.2 Å². The van der Waals surface area contributed by atoms with Crippen molar-refractivity contribution in [1.29, 1.82) is 0 Å². The molecule has 0 bridgehead atoms. The van der Waals surface area contributed by atoms with Gasteiger partial charge in [0.1, 0.15) is 0 Å². The third-order valence-corrected chi connectivity index (χ3v) is 0.872. The zero-order valence-electron chi connectivity index (χ0n) is 5.33. The van der Waals surface area contributed by atoms with E-state index in [9.17, 15) is 0 Å². The van der Waals surface area contributed by atoms with Crippen molar-refractivity contribution < 1.29 is 10.2 Å². The number of rotatable bonds is 4. The summed E-state index contributed by atoms with van der Waals surface area (Å²) in [7, 11) is 0. The summed E-state index contributed by atoms with van der Waals surface area (Å²) in [5, 5.41) is 17.2. The van der Waals surface area contributed by atoms with Gasteiger partial charge in [0.2, 0.25) is 0 Å². The predicted molar refractivity (Wildman–Crippen MR) is 37.0 cm³/mol. The molecule has 0 unspecified atom stereocenters. The predicted octanol–water partition coefficient (Wildman–Crippen LogP) is 0.472. The van der Waals surface area contributed by atoms with E-state index >= 15 is 0 Å².